The molecule has 24 heavy (non-hydrogen) atoms. The molecule has 0 saturated carbocycles. The van der Waals surface area contributed by atoms with Gasteiger partial charge in [-0.2, -0.15) is 0 Å². The van der Waals surface area contributed by atoms with E-state index >= 15 is 0 Å². The molecule has 1 amide bonds. The number of fused-ring (bicyclic) bond motifs is 1. The van der Waals surface area contributed by atoms with Crippen LogP contribution in [-0.4, -0.2) is 21.1 Å². The molecule has 3 rings (SSSR count). The molecule has 124 valence electrons. The van der Waals surface area contributed by atoms with Gasteiger partial charge < -0.3 is 5.32 Å². The second kappa shape index (κ2) is 7.97. The van der Waals surface area contributed by atoms with Gasteiger partial charge in [0.15, 0.2) is 0 Å². The van der Waals surface area contributed by atoms with E-state index in [1.165, 1.54) is 24.2 Å². The molecule has 0 aliphatic heterocycles. The number of carbonyl (C=O) groups excluding carboxylic acids is 1. The third-order valence-electron chi connectivity index (χ3n) is 3.77. The summed E-state index contributed by atoms with van der Waals surface area (Å²) in [4.78, 5) is 16.7. The van der Waals surface area contributed by atoms with Crippen LogP contribution in [0.15, 0.2) is 36.5 Å². The lowest BCUT2D eigenvalue weighted by Gasteiger charge is -2.05. The lowest BCUT2D eigenvalue weighted by atomic mass is 10.1. The minimum atomic E-state index is -0.0931. The molecular weight excluding hydrogens is 320 g/mol. The number of aryl methyl sites for hydroxylation is 1. The van der Waals surface area contributed by atoms with Gasteiger partial charge >= 0.3 is 0 Å². The summed E-state index contributed by atoms with van der Waals surface area (Å²) in [5.74, 6) is -0.0931. The molecule has 3 aromatic rings. The molecule has 0 aliphatic rings. The van der Waals surface area contributed by atoms with Crippen molar-refractivity contribution in [2.24, 2.45) is 0 Å². The number of pyridine rings is 1. The van der Waals surface area contributed by atoms with Crippen LogP contribution in [0.1, 0.15) is 36.8 Å². The van der Waals surface area contributed by atoms with E-state index in [-0.39, 0.29) is 12.3 Å². The molecule has 0 radical (unpaired) electrons. The van der Waals surface area contributed by atoms with Gasteiger partial charge in [0.05, 0.1) is 11.9 Å². The zero-order chi connectivity index (χ0) is 16.8. The van der Waals surface area contributed by atoms with Crippen molar-refractivity contribution in [3.05, 3.63) is 47.1 Å². The largest absolute Gasteiger partial charge is 0.300 e. The number of carbonyl (C=O) groups is 1. The van der Waals surface area contributed by atoms with E-state index < -0.39 is 0 Å². The molecule has 0 unspecified atom stereocenters. The Morgan fingerprint density at radius 1 is 1.17 bits per heavy atom. The molecular formula is C18H20N4OS. The molecule has 1 aromatic carbocycles. The van der Waals surface area contributed by atoms with Crippen molar-refractivity contribution >= 4 is 33.3 Å². The molecule has 0 aliphatic carbocycles. The van der Waals surface area contributed by atoms with Gasteiger partial charge in [-0.3, -0.25) is 9.78 Å². The van der Waals surface area contributed by atoms with Crippen molar-refractivity contribution in [1.29, 1.82) is 0 Å². The van der Waals surface area contributed by atoms with Crippen LogP contribution in [0.25, 0.3) is 10.9 Å². The Hall–Kier alpha value is -2.34. The van der Waals surface area contributed by atoms with Gasteiger partial charge in [0.1, 0.15) is 5.01 Å². The lowest BCUT2D eigenvalue weighted by Crippen LogP contribution is -2.14. The predicted octanol–water partition coefficient (Wildman–Crippen LogP) is 4.00. The first-order chi connectivity index (χ1) is 11.8. The molecule has 2 aromatic heterocycles. The summed E-state index contributed by atoms with van der Waals surface area (Å²) in [7, 11) is 0. The number of hydrogen-bond donors (Lipinski definition) is 1. The molecule has 6 heteroatoms. The molecule has 0 fully saturated rings. The smallest absolute Gasteiger partial charge is 0.230 e. The normalized spacial score (nSPS) is 10.9. The number of nitrogens with zero attached hydrogens (tertiary/aromatic N) is 3. The SMILES string of the molecule is CCCCCc1nnc(NC(=O)Cc2cccc3cccnc23)s1. The van der Waals surface area contributed by atoms with Crippen LogP contribution in [0, 0.1) is 0 Å². The maximum Gasteiger partial charge on any atom is 0.230 e. The van der Waals surface area contributed by atoms with Crippen LogP contribution in [-0.2, 0) is 17.6 Å². The Kier molecular flexibility index (Phi) is 5.48. The van der Waals surface area contributed by atoms with E-state index in [1.807, 2.05) is 30.3 Å². The number of para-hydroxylation sites is 1. The van der Waals surface area contributed by atoms with Crippen LogP contribution in [0.3, 0.4) is 0 Å². The highest BCUT2D eigenvalue weighted by molar-refractivity contribution is 7.15. The molecule has 0 atom stereocenters. The van der Waals surface area contributed by atoms with E-state index in [1.54, 1.807) is 6.20 Å². The zero-order valence-electron chi connectivity index (χ0n) is 13.7. The molecule has 2 heterocycles. The second-order valence-electron chi connectivity index (χ2n) is 5.68. The number of rotatable bonds is 7. The standard InChI is InChI=1S/C18H20N4OS/c1-2-3-4-10-16-21-22-18(24-16)20-15(23)12-14-8-5-7-13-9-6-11-19-17(13)14/h5-9,11H,2-4,10,12H2,1H3,(H,20,22,23). The van der Waals surface area contributed by atoms with Gasteiger partial charge in [0.2, 0.25) is 11.0 Å². The highest BCUT2D eigenvalue weighted by atomic mass is 32.1. The third kappa shape index (κ3) is 4.14. The van der Waals surface area contributed by atoms with Crippen molar-refractivity contribution in [3.8, 4) is 0 Å². The fourth-order valence-corrected chi connectivity index (χ4v) is 3.38. The van der Waals surface area contributed by atoms with Crippen molar-refractivity contribution in [2.75, 3.05) is 5.32 Å². The van der Waals surface area contributed by atoms with E-state index in [9.17, 15) is 4.79 Å². The maximum absolute atomic E-state index is 12.3. The van der Waals surface area contributed by atoms with E-state index in [2.05, 4.69) is 27.4 Å². The van der Waals surface area contributed by atoms with Gasteiger partial charge in [-0.1, -0.05) is 55.4 Å². The quantitative estimate of drug-likeness (QED) is 0.660. The lowest BCUT2D eigenvalue weighted by molar-refractivity contribution is -0.115. The molecule has 0 saturated heterocycles. The third-order valence-corrected chi connectivity index (χ3v) is 4.67. The Morgan fingerprint density at radius 2 is 2.04 bits per heavy atom. The Balaban J connectivity index is 1.63. The first kappa shape index (κ1) is 16.5. The summed E-state index contributed by atoms with van der Waals surface area (Å²) >= 11 is 1.46. The number of anilines is 1. The average Bonchev–Trinajstić information content (AvgIpc) is 3.03. The van der Waals surface area contributed by atoms with Crippen LogP contribution < -0.4 is 5.32 Å². The number of nitrogens with one attached hydrogen (secondary N) is 1. The average molecular weight is 340 g/mol. The number of benzene rings is 1. The second-order valence-corrected chi connectivity index (χ2v) is 6.74. The number of aromatic nitrogens is 3. The van der Waals surface area contributed by atoms with Crippen LogP contribution in [0.4, 0.5) is 5.13 Å². The van der Waals surface area contributed by atoms with E-state index in [0.29, 0.717) is 5.13 Å². The summed E-state index contributed by atoms with van der Waals surface area (Å²) < 4.78 is 0. The monoisotopic (exact) mass is 340 g/mol. The summed E-state index contributed by atoms with van der Waals surface area (Å²) in [6, 6.07) is 9.77. The van der Waals surface area contributed by atoms with Gasteiger partial charge in [-0.05, 0) is 18.1 Å². The summed E-state index contributed by atoms with van der Waals surface area (Å²) in [5.41, 5.74) is 1.78. The first-order valence-electron chi connectivity index (χ1n) is 8.21. The van der Waals surface area contributed by atoms with Crippen molar-refractivity contribution in [1.82, 2.24) is 15.2 Å². The van der Waals surface area contributed by atoms with Crippen molar-refractivity contribution in [2.45, 2.75) is 39.0 Å². The molecule has 0 spiro atoms. The van der Waals surface area contributed by atoms with E-state index in [0.717, 1.165) is 34.3 Å². The minimum Gasteiger partial charge on any atom is -0.300 e. The summed E-state index contributed by atoms with van der Waals surface area (Å²) in [6.45, 7) is 2.17. The van der Waals surface area contributed by atoms with Gasteiger partial charge in [0.25, 0.3) is 0 Å². The van der Waals surface area contributed by atoms with E-state index in [4.69, 9.17) is 0 Å². The molecule has 0 bridgehead atoms. The van der Waals surface area contributed by atoms with Crippen LogP contribution >= 0.6 is 11.3 Å². The van der Waals surface area contributed by atoms with Gasteiger partial charge in [-0.15, -0.1) is 10.2 Å². The molecule has 5 nitrogen and oxygen atoms in total. The Labute approximate surface area is 145 Å². The maximum atomic E-state index is 12.3. The number of hydrogen-bond acceptors (Lipinski definition) is 5. The summed E-state index contributed by atoms with van der Waals surface area (Å²) in [5, 5.41) is 13.6. The summed E-state index contributed by atoms with van der Waals surface area (Å²) in [6.07, 6.45) is 6.43. The molecule has 1 N–H and O–H groups in total. The predicted molar refractivity (Wildman–Crippen MR) is 97.2 cm³/mol. The Bertz CT molecular complexity index is 825. The van der Waals surface area contributed by atoms with Crippen molar-refractivity contribution < 1.29 is 4.79 Å². The zero-order valence-corrected chi connectivity index (χ0v) is 14.5. The highest BCUT2D eigenvalue weighted by Gasteiger charge is 2.11. The Morgan fingerprint density at radius 3 is 2.92 bits per heavy atom. The number of unbranched alkanes of at least 4 members (excludes halogenated alkanes) is 2. The van der Waals surface area contributed by atoms with Crippen LogP contribution in [0.5, 0.6) is 0 Å². The fourth-order valence-electron chi connectivity index (χ4n) is 2.58. The van der Waals surface area contributed by atoms with Gasteiger partial charge in [0, 0.05) is 18.0 Å². The first-order valence-corrected chi connectivity index (χ1v) is 9.03. The topological polar surface area (TPSA) is 67.8 Å². The van der Waals surface area contributed by atoms with Crippen molar-refractivity contribution in [3.63, 3.8) is 0 Å². The minimum absolute atomic E-state index is 0.0931. The fraction of sp³-hybridized carbons (Fsp3) is 0.333. The van der Waals surface area contributed by atoms with Crippen LogP contribution in [0.2, 0.25) is 0 Å². The highest BCUT2D eigenvalue weighted by Crippen LogP contribution is 2.19. The van der Waals surface area contributed by atoms with Gasteiger partial charge in [-0.25, -0.2) is 0 Å². The number of amides is 1.